The summed E-state index contributed by atoms with van der Waals surface area (Å²) in [6, 6.07) is 13.1. The zero-order valence-electron chi connectivity index (χ0n) is 23.2. The number of nitrogens with zero attached hydrogens (tertiary/aromatic N) is 2. The van der Waals surface area contributed by atoms with Crippen molar-refractivity contribution >= 4 is 23.5 Å². The van der Waals surface area contributed by atoms with Crippen LogP contribution >= 0.6 is 0 Å². The lowest BCUT2D eigenvalue weighted by Gasteiger charge is -2.32. The number of rotatable bonds is 10. The minimum atomic E-state index is -0.249. The number of benzene rings is 2. The highest BCUT2D eigenvalue weighted by molar-refractivity contribution is 6.00. The Morgan fingerprint density at radius 1 is 1.05 bits per heavy atom. The maximum Gasteiger partial charge on any atom is 0.253 e. The van der Waals surface area contributed by atoms with Crippen molar-refractivity contribution in [3.05, 3.63) is 64.7 Å². The summed E-state index contributed by atoms with van der Waals surface area (Å²) in [5, 5.41) is 2.39. The molecule has 8 nitrogen and oxygen atoms in total. The second-order valence-corrected chi connectivity index (χ2v) is 10.7. The molecule has 3 amide bonds. The smallest absolute Gasteiger partial charge is 0.253 e. The first kappa shape index (κ1) is 28.5. The van der Waals surface area contributed by atoms with E-state index in [1.807, 2.05) is 61.2 Å². The predicted octanol–water partition coefficient (Wildman–Crippen LogP) is 3.87. The monoisotopic (exact) mass is 533 g/mol. The normalized spacial score (nSPS) is 18.9. The molecule has 0 aliphatic carbocycles. The molecule has 2 aliphatic rings. The highest BCUT2D eigenvalue weighted by Gasteiger charge is 2.28. The Kier molecular flexibility index (Phi) is 9.51. The molecule has 8 heteroatoms. The Balaban J connectivity index is 1.35. The first-order valence-corrected chi connectivity index (χ1v) is 14.0. The molecule has 2 saturated heterocycles. The van der Waals surface area contributed by atoms with E-state index in [0.29, 0.717) is 55.6 Å². The number of amides is 3. The molecule has 208 valence electrons. The quantitative estimate of drug-likeness (QED) is 0.368. The number of hydrogen-bond donors (Lipinski definition) is 1. The first-order chi connectivity index (χ1) is 18.8. The predicted molar refractivity (Wildman–Crippen MR) is 149 cm³/mol. The van der Waals surface area contributed by atoms with E-state index in [9.17, 15) is 19.2 Å². The molecule has 2 aliphatic heterocycles. The standard InChI is InChI=1S/C31H39N3O5/c1-4-25-26(29(36)21(2)8-11-23-14-15-28(35)32-30(23)37)6-5-7-27(25)39-20-22-9-12-24(13-10-22)31(38)34-18-16-33(3)17-19-34/h5-7,9-10,12-13,21,23H,4,8,11,14-20H2,1-3H3,(H,32,35,37). The van der Waals surface area contributed by atoms with Crippen molar-refractivity contribution < 1.29 is 23.9 Å². The first-order valence-electron chi connectivity index (χ1n) is 14.0. The molecule has 2 unspecified atom stereocenters. The van der Waals surface area contributed by atoms with Crippen molar-refractivity contribution in [3.8, 4) is 5.75 Å². The van der Waals surface area contributed by atoms with E-state index >= 15 is 0 Å². The summed E-state index contributed by atoms with van der Waals surface area (Å²) in [5.74, 6) is -0.147. The fraction of sp³-hybridized carbons (Fsp3) is 0.484. The van der Waals surface area contributed by atoms with Gasteiger partial charge in [-0.1, -0.05) is 38.1 Å². The summed E-state index contributed by atoms with van der Waals surface area (Å²) in [6.07, 6.45) is 2.71. The summed E-state index contributed by atoms with van der Waals surface area (Å²) in [7, 11) is 2.07. The largest absolute Gasteiger partial charge is 0.489 e. The molecule has 2 heterocycles. The number of Topliss-reactive ketones (excluding diaryl/α,β-unsaturated/α-hetero) is 1. The van der Waals surface area contributed by atoms with E-state index in [0.717, 1.165) is 37.3 Å². The van der Waals surface area contributed by atoms with Gasteiger partial charge in [0, 0.05) is 61.1 Å². The van der Waals surface area contributed by atoms with E-state index in [1.165, 1.54) is 0 Å². The van der Waals surface area contributed by atoms with Gasteiger partial charge in [-0.15, -0.1) is 0 Å². The molecular weight excluding hydrogens is 494 g/mol. The van der Waals surface area contributed by atoms with Gasteiger partial charge in [-0.3, -0.25) is 24.5 Å². The van der Waals surface area contributed by atoms with Gasteiger partial charge >= 0.3 is 0 Å². The summed E-state index contributed by atoms with van der Waals surface area (Å²) in [4.78, 5) is 53.8. The van der Waals surface area contributed by atoms with E-state index in [1.54, 1.807) is 0 Å². The van der Waals surface area contributed by atoms with Crippen LogP contribution in [0.3, 0.4) is 0 Å². The molecule has 4 rings (SSSR count). The van der Waals surface area contributed by atoms with Crippen molar-refractivity contribution in [1.82, 2.24) is 15.1 Å². The Labute approximate surface area is 230 Å². The van der Waals surface area contributed by atoms with Crippen LogP contribution in [-0.4, -0.2) is 66.5 Å². The maximum absolute atomic E-state index is 13.4. The highest BCUT2D eigenvalue weighted by atomic mass is 16.5. The number of likely N-dealkylation sites (N-methyl/N-ethyl adjacent to an activating group) is 1. The zero-order valence-corrected chi connectivity index (χ0v) is 23.2. The fourth-order valence-corrected chi connectivity index (χ4v) is 5.25. The van der Waals surface area contributed by atoms with Crippen molar-refractivity contribution in [2.75, 3.05) is 33.2 Å². The van der Waals surface area contributed by atoms with Crippen LogP contribution in [0.25, 0.3) is 0 Å². The third-order valence-electron chi connectivity index (χ3n) is 7.89. The molecular formula is C31H39N3O5. The number of ether oxygens (including phenoxy) is 1. The number of ketones is 1. The summed E-state index contributed by atoms with van der Waals surface area (Å²) in [5.41, 5.74) is 3.15. The van der Waals surface area contributed by atoms with Crippen LogP contribution in [0.2, 0.25) is 0 Å². The van der Waals surface area contributed by atoms with Crippen LogP contribution in [0.4, 0.5) is 0 Å². The highest BCUT2D eigenvalue weighted by Crippen LogP contribution is 2.29. The van der Waals surface area contributed by atoms with Crippen LogP contribution in [0.1, 0.15) is 71.4 Å². The molecule has 0 saturated carbocycles. The second kappa shape index (κ2) is 13.0. The lowest BCUT2D eigenvalue weighted by Crippen LogP contribution is -2.47. The molecule has 0 radical (unpaired) electrons. The topological polar surface area (TPSA) is 96.0 Å². The minimum Gasteiger partial charge on any atom is -0.489 e. The number of piperidine rings is 1. The van der Waals surface area contributed by atoms with Gasteiger partial charge in [-0.2, -0.15) is 0 Å². The summed E-state index contributed by atoms with van der Waals surface area (Å²) in [6.45, 7) is 7.49. The van der Waals surface area contributed by atoms with E-state index in [-0.39, 0.29) is 35.3 Å². The van der Waals surface area contributed by atoms with Crippen LogP contribution in [-0.2, 0) is 22.6 Å². The van der Waals surface area contributed by atoms with Crippen LogP contribution in [0, 0.1) is 11.8 Å². The van der Waals surface area contributed by atoms with Gasteiger partial charge < -0.3 is 14.5 Å². The number of hydrogen-bond acceptors (Lipinski definition) is 6. The fourth-order valence-electron chi connectivity index (χ4n) is 5.25. The lowest BCUT2D eigenvalue weighted by atomic mass is 9.86. The van der Waals surface area contributed by atoms with Gasteiger partial charge in [0.1, 0.15) is 12.4 Å². The number of carbonyl (C=O) groups is 4. The molecule has 2 fully saturated rings. The third-order valence-corrected chi connectivity index (χ3v) is 7.89. The Morgan fingerprint density at radius 3 is 2.44 bits per heavy atom. The number of imide groups is 1. The maximum atomic E-state index is 13.4. The average molecular weight is 534 g/mol. The van der Waals surface area contributed by atoms with Gasteiger partial charge in [0.25, 0.3) is 5.91 Å². The number of nitrogens with one attached hydrogen (secondary N) is 1. The number of carbonyl (C=O) groups excluding carboxylic acids is 4. The van der Waals surface area contributed by atoms with E-state index in [2.05, 4.69) is 17.3 Å². The lowest BCUT2D eigenvalue weighted by molar-refractivity contribution is -0.136. The SMILES string of the molecule is CCc1c(OCc2ccc(C(=O)N3CCN(C)CC3)cc2)cccc1C(=O)C(C)CCC1CCC(=O)NC1=O. The van der Waals surface area contributed by atoms with Gasteiger partial charge in [0.2, 0.25) is 11.8 Å². The van der Waals surface area contributed by atoms with Crippen molar-refractivity contribution in [2.45, 2.75) is 52.6 Å². The molecule has 0 spiro atoms. The Bertz CT molecular complexity index is 1200. The summed E-state index contributed by atoms with van der Waals surface area (Å²) < 4.78 is 6.15. The van der Waals surface area contributed by atoms with Crippen LogP contribution < -0.4 is 10.1 Å². The molecule has 2 atom stereocenters. The second-order valence-electron chi connectivity index (χ2n) is 10.7. The Morgan fingerprint density at radius 2 is 1.77 bits per heavy atom. The molecule has 0 aromatic heterocycles. The van der Waals surface area contributed by atoms with E-state index in [4.69, 9.17) is 4.74 Å². The van der Waals surface area contributed by atoms with Gasteiger partial charge in [-0.25, -0.2) is 0 Å². The molecule has 39 heavy (non-hydrogen) atoms. The van der Waals surface area contributed by atoms with Crippen LogP contribution in [0.15, 0.2) is 42.5 Å². The zero-order chi connectivity index (χ0) is 27.9. The summed E-state index contributed by atoms with van der Waals surface area (Å²) >= 11 is 0. The number of piperazine rings is 1. The molecule has 0 bridgehead atoms. The van der Waals surface area contributed by atoms with Gasteiger partial charge in [0.15, 0.2) is 5.78 Å². The van der Waals surface area contributed by atoms with Crippen molar-refractivity contribution in [3.63, 3.8) is 0 Å². The molecule has 1 N–H and O–H groups in total. The van der Waals surface area contributed by atoms with Gasteiger partial charge in [-0.05, 0) is 56.5 Å². The van der Waals surface area contributed by atoms with Crippen LogP contribution in [0.5, 0.6) is 5.75 Å². The minimum absolute atomic E-state index is 0.0383. The molecule has 2 aromatic carbocycles. The van der Waals surface area contributed by atoms with E-state index < -0.39 is 0 Å². The van der Waals surface area contributed by atoms with Gasteiger partial charge in [0.05, 0.1) is 0 Å². The third kappa shape index (κ3) is 7.12. The van der Waals surface area contributed by atoms with Crippen molar-refractivity contribution in [2.24, 2.45) is 11.8 Å². The Hall–Kier alpha value is -3.52. The average Bonchev–Trinajstić information content (AvgIpc) is 2.95. The molecule has 2 aromatic rings. The van der Waals surface area contributed by atoms with Crippen molar-refractivity contribution in [1.29, 1.82) is 0 Å².